The van der Waals surface area contributed by atoms with Gasteiger partial charge >= 0.3 is 0 Å². The van der Waals surface area contributed by atoms with Crippen LogP contribution in [0, 0.1) is 12.7 Å². The Hall–Kier alpha value is -2.32. The number of halogens is 1. The standard InChI is InChI=1S/C18H19FN4O2S/c1-13-10-18-20-12-21-23(18)11-15(13)14-6-8-22(9-7-14)26(24,25)17-5-3-2-4-16(17)19/h2-5,10-12,14H,6-9H2,1H3. The second-order valence-corrected chi connectivity index (χ2v) is 8.49. The van der Waals surface area contributed by atoms with E-state index < -0.39 is 15.8 Å². The monoisotopic (exact) mass is 374 g/mol. The van der Waals surface area contributed by atoms with Crippen LogP contribution in [0.25, 0.3) is 5.65 Å². The van der Waals surface area contributed by atoms with Crippen LogP contribution in [-0.2, 0) is 10.0 Å². The topological polar surface area (TPSA) is 67.6 Å². The van der Waals surface area contributed by atoms with Crippen LogP contribution in [0.5, 0.6) is 0 Å². The Balaban J connectivity index is 1.55. The molecule has 136 valence electrons. The van der Waals surface area contributed by atoms with Crippen LogP contribution in [0.15, 0.2) is 47.8 Å². The summed E-state index contributed by atoms with van der Waals surface area (Å²) in [5, 5.41) is 4.18. The maximum atomic E-state index is 13.9. The zero-order valence-electron chi connectivity index (χ0n) is 14.3. The summed E-state index contributed by atoms with van der Waals surface area (Å²) in [6.45, 7) is 2.78. The van der Waals surface area contributed by atoms with E-state index in [1.165, 1.54) is 28.8 Å². The summed E-state index contributed by atoms with van der Waals surface area (Å²) in [4.78, 5) is 3.93. The van der Waals surface area contributed by atoms with Gasteiger partial charge in [0.15, 0.2) is 5.65 Å². The minimum absolute atomic E-state index is 0.246. The van der Waals surface area contributed by atoms with Gasteiger partial charge < -0.3 is 0 Å². The van der Waals surface area contributed by atoms with Crippen molar-refractivity contribution in [3.05, 3.63) is 59.8 Å². The number of fused-ring (bicyclic) bond motifs is 1. The van der Waals surface area contributed by atoms with Crippen molar-refractivity contribution in [3.8, 4) is 0 Å². The van der Waals surface area contributed by atoms with Crippen LogP contribution in [0.1, 0.15) is 29.9 Å². The van der Waals surface area contributed by atoms with Gasteiger partial charge in [0.05, 0.1) is 0 Å². The second-order valence-electron chi connectivity index (χ2n) is 6.58. The molecule has 0 amide bonds. The van der Waals surface area contributed by atoms with Crippen molar-refractivity contribution < 1.29 is 12.8 Å². The lowest BCUT2D eigenvalue weighted by Crippen LogP contribution is -2.38. The van der Waals surface area contributed by atoms with Crippen molar-refractivity contribution in [3.63, 3.8) is 0 Å². The maximum Gasteiger partial charge on any atom is 0.245 e. The number of benzene rings is 1. The molecule has 1 aliphatic rings. The largest absolute Gasteiger partial charge is 0.245 e. The lowest BCUT2D eigenvalue weighted by molar-refractivity contribution is 0.317. The van der Waals surface area contributed by atoms with Crippen molar-refractivity contribution >= 4 is 15.7 Å². The first-order chi connectivity index (χ1) is 12.5. The molecule has 3 heterocycles. The Labute approximate surface area is 151 Å². The molecule has 1 aliphatic heterocycles. The van der Waals surface area contributed by atoms with Crippen LogP contribution in [0.4, 0.5) is 4.39 Å². The number of pyridine rings is 1. The van der Waals surface area contributed by atoms with Crippen molar-refractivity contribution in [2.75, 3.05) is 13.1 Å². The zero-order valence-corrected chi connectivity index (χ0v) is 15.2. The fourth-order valence-electron chi connectivity index (χ4n) is 3.60. The van der Waals surface area contributed by atoms with E-state index in [1.807, 2.05) is 19.2 Å². The molecule has 1 saturated heterocycles. The number of rotatable bonds is 3. The Morgan fingerprint density at radius 1 is 1.19 bits per heavy atom. The van der Waals surface area contributed by atoms with E-state index in [0.29, 0.717) is 25.9 Å². The predicted molar refractivity (Wildman–Crippen MR) is 94.9 cm³/mol. The van der Waals surface area contributed by atoms with Crippen molar-refractivity contribution in [2.45, 2.75) is 30.6 Å². The fraction of sp³-hybridized carbons (Fsp3) is 0.333. The van der Waals surface area contributed by atoms with E-state index >= 15 is 0 Å². The average Bonchev–Trinajstić information content (AvgIpc) is 3.08. The third kappa shape index (κ3) is 2.89. The van der Waals surface area contributed by atoms with Gasteiger partial charge in [-0.25, -0.2) is 22.3 Å². The summed E-state index contributed by atoms with van der Waals surface area (Å²) < 4.78 is 42.5. The van der Waals surface area contributed by atoms with Crippen LogP contribution in [0.3, 0.4) is 0 Å². The number of piperidine rings is 1. The minimum Gasteiger partial charge on any atom is -0.221 e. The van der Waals surface area contributed by atoms with Crippen LogP contribution in [0.2, 0.25) is 0 Å². The predicted octanol–water partition coefficient (Wildman–Crippen LogP) is 2.75. The van der Waals surface area contributed by atoms with Gasteiger partial charge in [-0.1, -0.05) is 12.1 Å². The SMILES string of the molecule is Cc1cc2ncnn2cc1C1CCN(S(=O)(=O)c2ccccc2F)CC1. The summed E-state index contributed by atoms with van der Waals surface area (Å²) in [5.41, 5.74) is 3.08. The van der Waals surface area contributed by atoms with E-state index in [9.17, 15) is 12.8 Å². The van der Waals surface area contributed by atoms with E-state index in [-0.39, 0.29) is 10.8 Å². The van der Waals surface area contributed by atoms with Crippen molar-refractivity contribution in [1.29, 1.82) is 0 Å². The first kappa shape index (κ1) is 17.1. The molecule has 3 aromatic rings. The molecule has 8 heteroatoms. The quantitative estimate of drug-likeness (QED) is 0.707. The molecule has 0 saturated carbocycles. The van der Waals surface area contributed by atoms with Gasteiger partial charge in [0.25, 0.3) is 0 Å². The third-order valence-electron chi connectivity index (χ3n) is 5.01. The molecule has 1 fully saturated rings. The van der Waals surface area contributed by atoms with Crippen molar-refractivity contribution in [1.82, 2.24) is 18.9 Å². The highest BCUT2D eigenvalue weighted by Crippen LogP contribution is 2.33. The summed E-state index contributed by atoms with van der Waals surface area (Å²) in [6, 6.07) is 7.52. The zero-order chi connectivity index (χ0) is 18.3. The second kappa shape index (κ2) is 6.44. The third-order valence-corrected chi connectivity index (χ3v) is 6.94. The minimum atomic E-state index is -3.80. The fourth-order valence-corrected chi connectivity index (χ4v) is 5.13. The molecule has 0 atom stereocenters. The van der Waals surface area contributed by atoms with E-state index in [4.69, 9.17) is 0 Å². The molecule has 0 unspecified atom stereocenters. The molecule has 2 aromatic heterocycles. The smallest absolute Gasteiger partial charge is 0.221 e. The number of aryl methyl sites for hydroxylation is 1. The lowest BCUT2D eigenvalue weighted by Gasteiger charge is -2.32. The highest BCUT2D eigenvalue weighted by molar-refractivity contribution is 7.89. The molecule has 0 N–H and O–H groups in total. The van der Waals surface area contributed by atoms with Crippen molar-refractivity contribution in [2.24, 2.45) is 0 Å². The van der Waals surface area contributed by atoms with Gasteiger partial charge in [-0.05, 0) is 55.0 Å². The number of hydrogen-bond acceptors (Lipinski definition) is 4. The molecule has 6 nitrogen and oxygen atoms in total. The molecule has 1 aromatic carbocycles. The number of aromatic nitrogens is 3. The normalized spacial score (nSPS) is 17.0. The summed E-state index contributed by atoms with van der Waals surface area (Å²) in [7, 11) is -3.80. The number of nitrogens with zero attached hydrogens (tertiary/aromatic N) is 4. The Kier molecular flexibility index (Phi) is 4.24. The van der Waals surface area contributed by atoms with Gasteiger partial charge in [-0.2, -0.15) is 9.40 Å². The Bertz CT molecular complexity index is 1060. The maximum absolute atomic E-state index is 13.9. The lowest BCUT2D eigenvalue weighted by atomic mass is 9.89. The first-order valence-electron chi connectivity index (χ1n) is 8.51. The molecule has 0 radical (unpaired) electrons. The van der Waals surface area contributed by atoms with E-state index in [2.05, 4.69) is 10.1 Å². The summed E-state index contributed by atoms with van der Waals surface area (Å²) in [6.07, 6.45) is 4.87. The molecule has 0 bridgehead atoms. The number of hydrogen-bond donors (Lipinski definition) is 0. The summed E-state index contributed by atoms with van der Waals surface area (Å²) >= 11 is 0. The molecule has 4 rings (SSSR count). The van der Waals surface area contributed by atoms with Crippen LogP contribution >= 0.6 is 0 Å². The number of sulfonamides is 1. The van der Waals surface area contributed by atoms with Gasteiger partial charge in [0.2, 0.25) is 10.0 Å². The first-order valence-corrected chi connectivity index (χ1v) is 9.95. The molecule has 26 heavy (non-hydrogen) atoms. The highest BCUT2D eigenvalue weighted by atomic mass is 32.2. The van der Waals surface area contributed by atoms with Gasteiger partial charge in [0, 0.05) is 19.3 Å². The highest BCUT2D eigenvalue weighted by Gasteiger charge is 2.32. The Morgan fingerprint density at radius 3 is 2.65 bits per heavy atom. The molecular weight excluding hydrogens is 355 g/mol. The molecular formula is C18H19FN4O2S. The summed E-state index contributed by atoms with van der Waals surface area (Å²) in [5.74, 6) is -0.460. The molecule has 0 spiro atoms. The van der Waals surface area contributed by atoms with E-state index in [1.54, 1.807) is 10.6 Å². The van der Waals surface area contributed by atoms with Gasteiger partial charge in [-0.3, -0.25) is 0 Å². The van der Waals surface area contributed by atoms with Gasteiger partial charge in [0.1, 0.15) is 17.0 Å². The van der Waals surface area contributed by atoms with E-state index in [0.717, 1.165) is 16.8 Å². The Morgan fingerprint density at radius 2 is 1.92 bits per heavy atom. The van der Waals surface area contributed by atoms with Crippen LogP contribution < -0.4 is 0 Å². The average molecular weight is 374 g/mol. The molecule has 0 aliphatic carbocycles. The van der Waals surface area contributed by atoms with Gasteiger partial charge in [-0.15, -0.1) is 0 Å². The van der Waals surface area contributed by atoms with Crippen LogP contribution in [-0.4, -0.2) is 40.4 Å².